The molecule has 16 heavy (non-hydrogen) atoms. The molecule has 0 spiro atoms. The average Bonchev–Trinajstić information content (AvgIpc) is 2.14. The van der Waals surface area contributed by atoms with E-state index >= 15 is 0 Å². The van der Waals surface area contributed by atoms with E-state index in [1.165, 1.54) is 12.1 Å². The Bertz CT molecular complexity index is 372. The summed E-state index contributed by atoms with van der Waals surface area (Å²) in [5.41, 5.74) is 0.388. The zero-order chi connectivity index (χ0) is 12.2. The first-order valence-corrected chi connectivity index (χ1v) is 4.69. The van der Waals surface area contributed by atoms with Gasteiger partial charge in [0.2, 0.25) is 0 Å². The van der Waals surface area contributed by atoms with E-state index in [0.717, 1.165) is 6.92 Å². The molecule has 0 amide bonds. The van der Waals surface area contributed by atoms with Gasteiger partial charge in [-0.2, -0.15) is 0 Å². The second-order valence-electron chi connectivity index (χ2n) is 3.54. The Kier molecular flexibility index (Phi) is 3.82. The van der Waals surface area contributed by atoms with Crippen LogP contribution in [0.5, 0.6) is 5.75 Å². The molecule has 3 nitrogen and oxygen atoms in total. The molecule has 1 aromatic rings. The summed E-state index contributed by atoms with van der Waals surface area (Å²) in [4.78, 5) is 10.5. The molecule has 0 aliphatic rings. The first kappa shape index (κ1) is 12.4. The number of para-hydroxylation sites is 1. The SMILES string of the molecule is CC(F)(F)COc1ccccc1CC(=O)O. The molecular formula is C11H12F2O3. The van der Waals surface area contributed by atoms with Crippen molar-refractivity contribution >= 4 is 5.97 Å². The average molecular weight is 230 g/mol. The topological polar surface area (TPSA) is 46.5 Å². The molecule has 0 aliphatic heterocycles. The number of hydrogen-bond donors (Lipinski definition) is 1. The minimum absolute atomic E-state index is 0.187. The number of carboxylic acid groups (broad SMARTS) is 1. The fourth-order valence-corrected chi connectivity index (χ4v) is 1.16. The molecule has 5 heteroatoms. The number of aliphatic carboxylic acids is 1. The molecule has 0 saturated heterocycles. The van der Waals surface area contributed by atoms with E-state index in [0.29, 0.717) is 5.56 Å². The van der Waals surface area contributed by atoms with E-state index in [-0.39, 0.29) is 12.2 Å². The van der Waals surface area contributed by atoms with Gasteiger partial charge in [0.1, 0.15) is 5.75 Å². The van der Waals surface area contributed by atoms with Crippen molar-refractivity contribution in [2.24, 2.45) is 0 Å². The highest BCUT2D eigenvalue weighted by Gasteiger charge is 2.22. The molecule has 1 rings (SSSR count). The van der Waals surface area contributed by atoms with Crippen LogP contribution in [0.25, 0.3) is 0 Å². The first-order chi connectivity index (χ1) is 7.38. The van der Waals surface area contributed by atoms with Crippen molar-refractivity contribution in [1.29, 1.82) is 0 Å². The minimum Gasteiger partial charge on any atom is -0.487 e. The number of carbonyl (C=O) groups is 1. The van der Waals surface area contributed by atoms with Crippen LogP contribution in [-0.4, -0.2) is 23.6 Å². The lowest BCUT2D eigenvalue weighted by molar-refractivity contribution is -0.136. The van der Waals surface area contributed by atoms with Crippen molar-refractivity contribution in [1.82, 2.24) is 0 Å². The Hall–Kier alpha value is -1.65. The molecule has 0 unspecified atom stereocenters. The lowest BCUT2D eigenvalue weighted by Crippen LogP contribution is -2.21. The Morgan fingerprint density at radius 1 is 1.44 bits per heavy atom. The van der Waals surface area contributed by atoms with E-state index in [1.54, 1.807) is 12.1 Å². The van der Waals surface area contributed by atoms with Gasteiger partial charge in [0.25, 0.3) is 5.92 Å². The van der Waals surface area contributed by atoms with Gasteiger partial charge in [-0.25, -0.2) is 8.78 Å². The molecule has 0 atom stereocenters. The van der Waals surface area contributed by atoms with Crippen molar-refractivity contribution in [3.8, 4) is 5.75 Å². The summed E-state index contributed by atoms with van der Waals surface area (Å²) in [5.74, 6) is -3.78. The van der Waals surface area contributed by atoms with Gasteiger partial charge in [-0.15, -0.1) is 0 Å². The Morgan fingerprint density at radius 3 is 2.62 bits per heavy atom. The highest BCUT2D eigenvalue weighted by Crippen LogP contribution is 2.21. The Morgan fingerprint density at radius 2 is 2.06 bits per heavy atom. The fourth-order valence-electron chi connectivity index (χ4n) is 1.16. The van der Waals surface area contributed by atoms with Gasteiger partial charge in [-0.3, -0.25) is 4.79 Å². The molecule has 88 valence electrons. The van der Waals surface area contributed by atoms with Crippen LogP contribution in [0.3, 0.4) is 0 Å². The number of carboxylic acids is 1. The highest BCUT2D eigenvalue weighted by atomic mass is 19.3. The number of ether oxygens (including phenoxy) is 1. The normalized spacial score (nSPS) is 11.2. The fraction of sp³-hybridized carbons (Fsp3) is 0.364. The van der Waals surface area contributed by atoms with E-state index in [4.69, 9.17) is 9.84 Å². The predicted molar refractivity (Wildman–Crippen MR) is 53.9 cm³/mol. The van der Waals surface area contributed by atoms with Gasteiger partial charge in [0.15, 0.2) is 6.61 Å². The van der Waals surface area contributed by atoms with Gasteiger partial charge in [-0.1, -0.05) is 18.2 Å². The van der Waals surface area contributed by atoms with Gasteiger partial charge in [-0.05, 0) is 6.07 Å². The molecule has 0 aromatic heterocycles. The molecule has 0 saturated carbocycles. The molecule has 1 N–H and O–H groups in total. The van der Waals surface area contributed by atoms with E-state index in [9.17, 15) is 13.6 Å². The van der Waals surface area contributed by atoms with E-state index < -0.39 is 18.5 Å². The van der Waals surface area contributed by atoms with E-state index in [1.807, 2.05) is 0 Å². The van der Waals surface area contributed by atoms with Crippen LogP contribution in [0.1, 0.15) is 12.5 Å². The van der Waals surface area contributed by atoms with Crippen LogP contribution in [-0.2, 0) is 11.2 Å². The summed E-state index contributed by atoms with van der Waals surface area (Å²) in [6, 6.07) is 6.25. The predicted octanol–water partition coefficient (Wildman–Crippen LogP) is 2.35. The van der Waals surface area contributed by atoms with Crippen LogP contribution in [0, 0.1) is 0 Å². The van der Waals surface area contributed by atoms with Crippen LogP contribution >= 0.6 is 0 Å². The maximum atomic E-state index is 12.6. The van der Waals surface area contributed by atoms with Crippen molar-refractivity contribution in [3.05, 3.63) is 29.8 Å². The van der Waals surface area contributed by atoms with Gasteiger partial charge >= 0.3 is 5.97 Å². The third kappa shape index (κ3) is 4.25. The Labute approximate surface area is 91.7 Å². The summed E-state index contributed by atoms with van der Waals surface area (Å²) in [5, 5.41) is 8.62. The van der Waals surface area contributed by atoms with E-state index in [2.05, 4.69) is 0 Å². The quantitative estimate of drug-likeness (QED) is 0.844. The Balaban J connectivity index is 2.75. The maximum absolute atomic E-state index is 12.6. The number of benzene rings is 1. The summed E-state index contributed by atoms with van der Waals surface area (Å²) < 4.78 is 30.0. The molecule has 1 aromatic carbocycles. The van der Waals surface area contributed by atoms with Gasteiger partial charge in [0, 0.05) is 12.5 Å². The summed E-state index contributed by atoms with van der Waals surface area (Å²) >= 11 is 0. The maximum Gasteiger partial charge on any atom is 0.307 e. The second-order valence-corrected chi connectivity index (χ2v) is 3.54. The largest absolute Gasteiger partial charge is 0.487 e. The summed E-state index contributed by atoms with van der Waals surface area (Å²) in [6.45, 7) is -0.0174. The van der Waals surface area contributed by atoms with Crippen molar-refractivity contribution in [3.63, 3.8) is 0 Å². The van der Waals surface area contributed by atoms with Gasteiger partial charge in [0.05, 0.1) is 6.42 Å². The van der Waals surface area contributed by atoms with Crippen molar-refractivity contribution in [2.45, 2.75) is 19.3 Å². The molecular weight excluding hydrogens is 218 g/mol. The second kappa shape index (κ2) is 4.92. The monoisotopic (exact) mass is 230 g/mol. The third-order valence-electron chi connectivity index (χ3n) is 1.80. The lowest BCUT2D eigenvalue weighted by atomic mass is 10.1. The molecule has 0 fully saturated rings. The highest BCUT2D eigenvalue weighted by molar-refractivity contribution is 5.71. The number of halogens is 2. The molecule has 0 aliphatic carbocycles. The number of rotatable bonds is 5. The van der Waals surface area contributed by atoms with Crippen LogP contribution in [0.2, 0.25) is 0 Å². The first-order valence-electron chi connectivity index (χ1n) is 4.69. The zero-order valence-corrected chi connectivity index (χ0v) is 8.74. The molecule has 0 radical (unpaired) electrons. The van der Waals surface area contributed by atoms with Crippen molar-refractivity contribution < 1.29 is 23.4 Å². The summed E-state index contributed by atoms with van der Waals surface area (Å²) in [7, 11) is 0. The van der Waals surface area contributed by atoms with Crippen LogP contribution in [0.4, 0.5) is 8.78 Å². The van der Waals surface area contributed by atoms with Gasteiger partial charge < -0.3 is 9.84 Å². The van der Waals surface area contributed by atoms with Crippen molar-refractivity contribution in [2.75, 3.05) is 6.61 Å². The molecule has 0 bridgehead atoms. The standard InChI is InChI=1S/C11H12F2O3/c1-11(12,13)7-16-9-5-3-2-4-8(9)6-10(14)15/h2-5H,6-7H2,1H3,(H,14,15). The molecule has 0 heterocycles. The van der Waals surface area contributed by atoms with Crippen LogP contribution < -0.4 is 4.74 Å². The number of alkyl halides is 2. The minimum atomic E-state index is -2.93. The van der Waals surface area contributed by atoms with Crippen LogP contribution in [0.15, 0.2) is 24.3 Å². The lowest BCUT2D eigenvalue weighted by Gasteiger charge is -2.14. The number of hydrogen-bond acceptors (Lipinski definition) is 2. The third-order valence-corrected chi connectivity index (χ3v) is 1.80. The summed E-state index contributed by atoms with van der Waals surface area (Å²) in [6.07, 6.45) is -0.245. The zero-order valence-electron chi connectivity index (χ0n) is 8.74. The smallest absolute Gasteiger partial charge is 0.307 e.